The van der Waals surface area contributed by atoms with Crippen molar-refractivity contribution in [3.8, 4) is 11.5 Å². The summed E-state index contributed by atoms with van der Waals surface area (Å²) in [6.07, 6.45) is 0. The third-order valence-electron chi connectivity index (χ3n) is 4.15. The first kappa shape index (κ1) is 14.1. The van der Waals surface area contributed by atoms with Gasteiger partial charge in [-0.3, -0.25) is 0 Å². The molecule has 1 unspecified atom stereocenters. The van der Waals surface area contributed by atoms with Gasteiger partial charge in [-0.2, -0.15) is 0 Å². The number of anilines is 1. The van der Waals surface area contributed by atoms with Gasteiger partial charge in [0.1, 0.15) is 18.1 Å². The van der Waals surface area contributed by atoms with Crippen LogP contribution in [0.5, 0.6) is 11.5 Å². The van der Waals surface area contributed by atoms with E-state index in [2.05, 4.69) is 5.32 Å². The molecule has 3 heterocycles. The molecule has 2 aliphatic heterocycles. The van der Waals surface area contributed by atoms with Gasteiger partial charge >= 0.3 is 5.97 Å². The molecule has 0 saturated carbocycles. The summed E-state index contributed by atoms with van der Waals surface area (Å²) >= 11 is 1.62. The zero-order chi connectivity index (χ0) is 16.0. The summed E-state index contributed by atoms with van der Waals surface area (Å²) in [4.78, 5) is 13.4. The molecule has 0 aliphatic carbocycles. The standard InChI is InChI=1S/C17H15NO4S/c1-20-9-6-10-14(12(7-9)21-2)16(13-4-3-5-23-13)15-11(18-10)8-22-17(15)19/h3-7,16,18H,8H2,1-2H3. The maximum Gasteiger partial charge on any atom is 0.337 e. The fourth-order valence-electron chi connectivity index (χ4n) is 3.15. The number of nitrogens with one attached hydrogen (secondary N) is 1. The molecule has 1 N–H and O–H groups in total. The first-order valence-corrected chi connectivity index (χ1v) is 8.07. The molecule has 2 aliphatic rings. The quantitative estimate of drug-likeness (QED) is 0.877. The monoisotopic (exact) mass is 329 g/mol. The molecule has 0 radical (unpaired) electrons. The van der Waals surface area contributed by atoms with Gasteiger partial charge in [-0.05, 0) is 11.4 Å². The number of benzene rings is 1. The normalized spacial score (nSPS) is 18.9. The van der Waals surface area contributed by atoms with Crippen molar-refractivity contribution in [1.29, 1.82) is 0 Å². The van der Waals surface area contributed by atoms with Gasteiger partial charge in [-0.25, -0.2) is 4.79 Å². The number of fused-ring (bicyclic) bond motifs is 1. The highest BCUT2D eigenvalue weighted by Crippen LogP contribution is 2.50. The maximum absolute atomic E-state index is 12.3. The molecule has 0 saturated heterocycles. The van der Waals surface area contributed by atoms with E-state index < -0.39 is 0 Å². The molecule has 0 fully saturated rings. The van der Waals surface area contributed by atoms with Crippen LogP contribution in [0.25, 0.3) is 0 Å². The fraction of sp³-hybridized carbons (Fsp3) is 0.235. The van der Waals surface area contributed by atoms with Crippen LogP contribution in [0.1, 0.15) is 16.4 Å². The van der Waals surface area contributed by atoms with Crippen LogP contribution in [0, 0.1) is 0 Å². The van der Waals surface area contributed by atoms with Gasteiger partial charge in [0.25, 0.3) is 0 Å². The Kier molecular flexibility index (Phi) is 3.27. The van der Waals surface area contributed by atoms with Crippen molar-refractivity contribution in [2.75, 3.05) is 26.1 Å². The number of methoxy groups -OCH3 is 2. The molecule has 118 valence electrons. The molecule has 0 spiro atoms. The number of cyclic esters (lactones) is 1. The van der Waals surface area contributed by atoms with E-state index in [-0.39, 0.29) is 18.5 Å². The van der Waals surface area contributed by atoms with Crippen molar-refractivity contribution < 1.29 is 19.0 Å². The Labute approximate surface area is 137 Å². The van der Waals surface area contributed by atoms with E-state index in [4.69, 9.17) is 14.2 Å². The number of esters is 1. The zero-order valence-corrected chi connectivity index (χ0v) is 13.5. The molecule has 1 atom stereocenters. The predicted molar refractivity (Wildman–Crippen MR) is 87.3 cm³/mol. The van der Waals surface area contributed by atoms with E-state index in [1.54, 1.807) is 25.6 Å². The molecule has 0 bridgehead atoms. The molecule has 4 rings (SSSR count). The number of rotatable bonds is 3. The van der Waals surface area contributed by atoms with Crippen LogP contribution >= 0.6 is 11.3 Å². The minimum atomic E-state index is -0.269. The third-order valence-corrected chi connectivity index (χ3v) is 5.09. The van der Waals surface area contributed by atoms with Crippen molar-refractivity contribution >= 4 is 23.0 Å². The van der Waals surface area contributed by atoms with Crippen molar-refractivity contribution in [2.45, 2.75) is 5.92 Å². The number of hydrogen-bond donors (Lipinski definition) is 1. The lowest BCUT2D eigenvalue weighted by atomic mass is 9.84. The smallest absolute Gasteiger partial charge is 0.337 e. The van der Waals surface area contributed by atoms with Crippen molar-refractivity contribution in [2.24, 2.45) is 0 Å². The Balaban J connectivity index is 1.97. The Morgan fingerprint density at radius 2 is 2.17 bits per heavy atom. The minimum Gasteiger partial charge on any atom is -0.497 e. The average Bonchev–Trinajstić information content (AvgIpc) is 3.22. The molecule has 6 heteroatoms. The Morgan fingerprint density at radius 1 is 1.30 bits per heavy atom. The van der Waals surface area contributed by atoms with Crippen LogP contribution in [0.2, 0.25) is 0 Å². The molecule has 23 heavy (non-hydrogen) atoms. The fourth-order valence-corrected chi connectivity index (χ4v) is 3.99. The van der Waals surface area contributed by atoms with Crippen LogP contribution in [-0.4, -0.2) is 26.8 Å². The summed E-state index contributed by atoms with van der Waals surface area (Å²) < 4.78 is 16.2. The minimum absolute atomic E-state index is 0.183. The van der Waals surface area contributed by atoms with Crippen LogP contribution in [0.4, 0.5) is 5.69 Å². The molecular formula is C17H15NO4S. The van der Waals surface area contributed by atoms with Crippen molar-refractivity contribution in [1.82, 2.24) is 0 Å². The lowest BCUT2D eigenvalue weighted by Crippen LogP contribution is -2.20. The highest BCUT2D eigenvalue weighted by Gasteiger charge is 2.40. The highest BCUT2D eigenvalue weighted by molar-refractivity contribution is 7.10. The second kappa shape index (κ2) is 5.31. The largest absolute Gasteiger partial charge is 0.497 e. The molecule has 2 aromatic rings. The van der Waals surface area contributed by atoms with Gasteiger partial charge in [0, 0.05) is 28.3 Å². The summed E-state index contributed by atoms with van der Waals surface area (Å²) in [5.74, 6) is 0.940. The Bertz CT molecular complexity index is 810. The summed E-state index contributed by atoms with van der Waals surface area (Å²) in [7, 11) is 3.24. The van der Waals surface area contributed by atoms with Crippen molar-refractivity contribution in [3.05, 3.63) is 51.4 Å². The average molecular weight is 329 g/mol. The second-order valence-corrected chi connectivity index (χ2v) is 6.31. The number of thiophene rings is 1. The SMILES string of the molecule is COc1cc2c(c(OC)c1)C(c1cccs1)C1=C(COC1=O)N2. The van der Waals surface area contributed by atoms with E-state index in [0.29, 0.717) is 17.1 Å². The third kappa shape index (κ3) is 2.09. The van der Waals surface area contributed by atoms with Crippen LogP contribution in [-0.2, 0) is 9.53 Å². The lowest BCUT2D eigenvalue weighted by molar-refractivity contribution is -0.136. The van der Waals surface area contributed by atoms with Gasteiger partial charge < -0.3 is 19.5 Å². The van der Waals surface area contributed by atoms with E-state index in [1.807, 2.05) is 29.6 Å². The maximum atomic E-state index is 12.3. The molecule has 1 aromatic heterocycles. The topological polar surface area (TPSA) is 56.8 Å². The van der Waals surface area contributed by atoms with Gasteiger partial charge in [0.2, 0.25) is 0 Å². The van der Waals surface area contributed by atoms with Gasteiger partial charge in [0.05, 0.1) is 31.4 Å². The first-order valence-electron chi connectivity index (χ1n) is 7.19. The highest BCUT2D eigenvalue weighted by atomic mass is 32.1. The Hall–Kier alpha value is -2.47. The molecule has 0 amide bonds. The zero-order valence-electron chi connectivity index (χ0n) is 12.7. The molecular weight excluding hydrogens is 314 g/mol. The van der Waals surface area contributed by atoms with Gasteiger partial charge in [0.15, 0.2) is 0 Å². The Morgan fingerprint density at radius 3 is 2.87 bits per heavy atom. The predicted octanol–water partition coefficient (Wildman–Crippen LogP) is 3.13. The van der Waals surface area contributed by atoms with Crippen LogP contribution < -0.4 is 14.8 Å². The first-order chi connectivity index (χ1) is 11.2. The molecule has 1 aromatic carbocycles. The van der Waals surface area contributed by atoms with E-state index in [0.717, 1.165) is 21.8 Å². The summed E-state index contributed by atoms with van der Waals surface area (Å²) in [6.45, 7) is 0.273. The second-order valence-electron chi connectivity index (χ2n) is 5.33. The van der Waals surface area contributed by atoms with E-state index in [9.17, 15) is 4.79 Å². The number of carbonyl (C=O) groups is 1. The van der Waals surface area contributed by atoms with E-state index in [1.165, 1.54) is 0 Å². The number of carbonyl (C=O) groups excluding carboxylic acids is 1. The van der Waals surface area contributed by atoms with Gasteiger partial charge in [-0.1, -0.05) is 6.07 Å². The van der Waals surface area contributed by atoms with Gasteiger partial charge in [-0.15, -0.1) is 11.3 Å². The summed E-state index contributed by atoms with van der Waals surface area (Å²) in [5.41, 5.74) is 3.31. The summed E-state index contributed by atoms with van der Waals surface area (Å²) in [5, 5.41) is 5.32. The van der Waals surface area contributed by atoms with Crippen LogP contribution in [0.3, 0.4) is 0 Å². The lowest BCUT2D eigenvalue weighted by Gasteiger charge is -2.28. The number of ether oxygens (including phenoxy) is 3. The number of hydrogen-bond acceptors (Lipinski definition) is 6. The van der Waals surface area contributed by atoms with Crippen LogP contribution in [0.15, 0.2) is 40.9 Å². The van der Waals surface area contributed by atoms with E-state index >= 15 is 0 Å². The van der Waals surface area contributed by atoms with Crippen molar-refractivity contribution in [3.63, 3.8) is 0 Å². The molecule has 5 nitrogen and oxygen atoms in total. The summed E-state index contributed by atoms with van der Waals surface area (Å²) in [6, 6.07) is 7.78.